The number of rotatable bonds is 4. The lowest BCUT2D eigenvalue weighted by molar-refractivity contribution is 0.0472. The number of esters is 1. The Kier molecular flexibility index (Phi) is 5.36. The minimum absolute atomic E-state index is 0.160. The summed E-state index contributed by atoms with van der Waals surface area (Å²) in [6.45, 7) is 0.343. The van der Waals surface area contributed by atoms with Crippen LogP contribution < -0.4 is 0 Å². The van der Waals surface area contributed by atoms with Crippen LogP contribution in [0.2, 0.25) is 0 Å². The number of fused-ring (bicyclic) bond motifs is 1. The highest BCUT2D eigenvalue weighted by molar-refractivity contribution is 9.10. The van der Waals surface area contributed by atoms with Crippen LogP contribution in [0.3, 0.4) is 0 Å². The van der Waals surface area contributed by atoms with Gasteiger partial charge in [0.1, 0.15) is 0 Å². The van der Waals surface area contributed by atoms with Gasteiger partial charge in [-0.3, -0.25) is 4.79 Å². The van der Waals surface area contributed by atoms with Gasteiger partial charge in [0.25, 0.3) is 5.24 Å². The molecule has 0 bridgehead atoms. The van der Waals surface area contributed by atoms with Crippen molar-refractivity contribution < 1.29 is 14.3 Å². The Bertz CT molecular complexity index is 771. The molecule has 3 nitrogen and oxygen atoms in total. The van der Waals surface area contributed by atoms with E-state index < -0.39 is 5.24 Å². The molecule has 24 heavy (non-hydrogen) atoms. The summed E-state index contributed by atoms with van der Waals surface area (Å²) in [7, 11) is 0. The first kappa shape index (κ1) is 17.2. The molecular weight excluding hydrogens is 392 g/mol. The molecule has 1 aliphatic rings. The molecule has 0 spiro atoms. The highest BCUT2D eigenvalue weighted by atomic mass is 79.9. The predicted octanol–water partition coefficient (Wildman–Crippen LogP) is 5.11. The molecule has 0 aromatic heterocycles. The average molecular weight is 408 g/mol. The highest BCUT2D eigenvalue weighted by Crippen LogP contribution is 2.33. The first-order valence-corrected chi connectivity index (χ1v) is 8.97. The Hall–Kier alpha value is -1.65. The fourth-order valence-corrected chi connectivity index (χ4v) is 3.44. The van der Waals surface area contributed by atoms with Gasteiger partial charge in [-0.15, -0.1) is 0 Å². The molecule has 2 aromatic carbocycles. The van der Waals surface area contributed by atoms with Gasteiger partial charge in [0.2, 0.25) is 0 Å². The molecule has 1 atom stereocenters. The second kappa shape index (κ2) is 7.49. The SMILES string of the molecule is O=C(Cl)c1ccc2c(c1)CCC[C@H]2COC(=O)c1ccc(Br)cc1. The van der Waals surface area contributed by atoms with E-state index >= 15 is 0 Å². The number of ether oxygens (including phenoxy) is 1. The van der Waals surface area contributed by atoms with Crippen molar-refractivity contribution >= 4 is 38.7 Å². The third-order valence-electron chi connectivity index (χ3n) is 4.30. The lowest BCUT2D eigenvalue weighted by atomic mass is 9.82. The highest BCUT2D eigenvalue weighted by Gasteiger charge is 2.23. The number of hydrogen-bond acceptors (Lipinski definition) is 3. The Balaban J connectivity index is 1.70. The summed E-state index contributed by atoms with van der Waals surface area (Å²) in [6, 6.07) is 12.6. The van der Waals surface area contributed by atoms with E-state index in [0.29, 0.717) is 17.7 Å². The molecule has 5 heteroatoms. The third kappa shape index (κ3) is 3.87. The van der Waals surface area contributed by atoms with Crippen LogP contribution in [0.5, 0.6) is 0 Å². The zero-order chi connectivity index (χ0) is 17.1. The number of hydrogen-bond donors (Lipinski definition) is 0. The van der Waals surface area contributed by atoms with Crippen molar-refractivity contribution in [1.82, 2.24) is 0 Å². The standard InChI is InChI=1S/C19H16BrClO3/c20-16-7-4-12(5-8-16)19(23)24-11-15-3-1-2-13-10-14(18(21)22)6-9-17(13)15/h4-10,15H,1-3,11H2/t15-/m0/s1. The lowest BCUT2D eigenvalue weighted by Gasteiger charge is -2.25. The van der Waals surface area contributed by atoms with E-state index in [1.165, 1.54) is 0 Å². The Morgan fingerprint density at radius 2 is 1.83 bits per heavy atom. The molecule has 2 aromatic rings. The maximum atomic E-state index is 12.2. The molecular formula is C19H16BrClO3. The average Bonchev–Trinajstić information content (AvgIpc) is 2.59. The van der Waals surface area contributed by atoms with Crippen molar-refractivity contribution in [2.45, 2.75) is 25.2 Å². The molecule has 0 unspecified atom stereocenters. The van der Waals surface area contributed by atoms with Crippen LogP contribution in [0, 0.1) is 0 Å². The number of carbonyl (C=O) groups excluding carboxylic acids is 2. The maximum absolute atomic E-state index is 12.2. The predicted molar refractivity (Wildman–Crippen MR) is 96.7 cm³/mol. The largest absolute Gasteiger partial charge is 0.461 e. The van der Waals surface area contributed by atoms with E-state index in [1.54, 1.807) is 18.2 Å². The van der Waals surface area contributed by atoms with Crippen LogP contribution >= 0.6 is 27.5 Å². The van der Waals surface area contributed by atoms with Gasteiger partial charge in [-0.05, 0) is 78.4 Å². The minimum Gasteiger partial charge on any atom is -0.461 e. The monoisotopic (exact) mass is 406 g/mol. The summed E-state index contributed by atoms with van der Waals surface area (Å²) >= 11 is 8.90. The number of carbonyl (C=O) groups is 2. The van der Waals surface area contributed by atoms with Crippen LogP contribution in [-0.4, -0.2) is 17.8 Å². The first-order valence-electron chi connectivity index (χ1n) is 7.80. The summed E-state index contributed by atoms with van der Waals surface area (Å²) in [4.78, 5) is 23.5. The van der Waals surface area contributed by atoms with Crippen molar-refractivity contribution in [2.24, 2.45) is 0 Å². The van der Waals surface area contributed by atoms with E-state index in [1.807, 2.05) is 24.3 Å². The maximum Gasteiger partial charge on any atom is 0.338 e. The van der Waals surface area contributed by atoms with Gasteiger partial charge in [0.05, 0.1) is 12.2 Å². The fourth-order valence-electron chi connectivity index (χ4n) is 3.06. The van der Waals surface area contributed by atoms with Crippen molar-refractivity contribution in [1.29, 1.82) is 0 Å². The third-order valence-corrected chi connectivity index (χ3v) is 5.05. The van der Waals surface area contributed by atoms with E-state index in [-0.39, 0.29) is 11.9 Å². The van der Waals surface area contributed by atoms with E-state index in [9.17, 15) is 9.59 Å². The molecule has 0 saturated carbocycles. The Labute approximate surface area is 154 Å². The van der Waals surface area contributed by atoms with Crippen molar-refractivity contribution in [3.63, 3.8) is 0 Å². The molecule has 124 valence electrons. The van der Waals surface area contributed by atoms with Gasteiger partial charge in [0.15, 0.2) is 0 Å². The quantitative estimate of drug-likeness (QED) is 0.523. The van der Waals surface area contributed by atoms with Gasteiger partial charge in [-0.1, -0.05) is 22.0 Å². The van der Waals surface area contributed by atoms with Gasteiger partial charge in [-0.2, -0.15) is 0 Å². The number of aryl methyl sites for hydroxylation is 1. The van der Waals surface area contributed by atoms with Crippen LogP contribution in [0.4, 0.5) is 0 Å². The van der Waals surface area contributed by atoms with Crippen LogP contribution in [0.15, 0.2) is 46.9 Å². The van der Waals surface area contributed by atoms with Gasteiger partial charge in [-0.25, -0.2) is 4.79 Å². The molecule has 0 saturated heterocycles. The molecule has 0 radical (unpaired) electrons. The van der Waals surface area contributed by atoms with Crippen molar-refractivity contribution in [3.8, 4) is 0 Å². The second-order valence-corrected chi connectivity index (χ2v) is 7.14. The Morgan fingerprint density at radius 3 is 2.54 bits per heavy atom. The summed E-state index contributed by atoms with van der Waals surface area (Å²) in [5, 5.41) is -0.443. The summed E-state index contributed by atoms with van der Waals surface area (Å²) < 4.78 is 6.42. The zero-order valence-electron chi connectivity index (χ0n) is 12.9. The van der Waals surface area contributed by atoms with E-state index in [4.69, 9.17) is 16.3 Å². The van der Waals surface area contributed by atoms with Gasteiger partial charge in [0, 0.05) is 16.0 Å². The second-order valence-electron chi connectivity index (χ2n) is 5.88. The van der Waals surface area contributed by atoms with E-state index in [2.05, 4.69) is 15.9 Å². The zero-order valence-corrected chi connectivity index (χ0v) is 15.3. The molecule has 3 rings (SSSR count). The molecule has 0 fully saturated rings. The van der Waals surface area contributed by atoms with Crippen LogP contribution in [0.1, 0.15) is 50.6 Å². The summed E-state index contributed by atoms with van der Waals surface area (Å²) in [5.41, 5.74) is 3.32. The minimum atomic E-state index is -0.443. The van der Waals surface area contributed by atoms with Crippen molar-refractivity contribution in [2.75, 3.05) is 6.61 Å². The van der Waals surface area contributed by atoms with Crippen molar-refractivity contribution in [3.05, 3.63) is 69.2 Å². The van der Waals surface area contributed by atoms with Crippen LogP contribution in [0.25, 0.3) is 0 Å². The normalized spacial score (nSPS) is 16.3. The summed E-state index contributed by atoms with van der Waals surface area (Å²) in [6.07, 6.45) is 2.90. The summed E-state index contributed by atoms with van der Waals surface area (Å²) in [5.74, 6) is -0.158. The smallest absolute Gasteiger partial charge is 0.338 e. The molecule has 0 aliphatic heterocycles. The van der Waals surface area contributed by atoms with E-state index in [0.717, 1.165) is 34.9 Å². The first-order chi connectivity index (χ1) is 11.5. The Morgan fingerprint density at radius 1 is 1.12 bits per heavy atom. The van der Waals surface area contributed by atoms with Crippen LogP contribution in [-0.2, 0) is 11.2 Å². The molecule has 0 amide bonds. The molecule has 1 aliphatic carbocycles. The number of halogens is 2. The van der Waals surface area contributed by atoms with Gasteiger partial charge < -0.3 is 4.74 Å². The van der Waals surface area contributed by atoms with Gasteiger partial charge >= 0.3 is 5.97 Å². The molecule has 0 N–H and O–H groups in total. The topological polar surface area (TPSA) is 43.4 Å². The number of benzene rings is 2. The lowest BCUT2D eigenvalue weighted by Crippen LogP contribution is -2.18. The fraction of sp³-hybridized carbons (Fsp3) is 0.263. The molecule has 0 heterocycles.